The van der Waals surface area contributed by atoms with Gasteiger partial charge in [0.2, 0.25) is 5.91 Å². The molecule has 5 rings (SSSR count). The minimum atomic E-state index is -0.250. The number of anilines is 1. The Bertz CT molecular complexity index is 1130. The first-order valence-corrected chi connectivity index (χ1v) is 11.5. The number of piperidine rings is 1. The van der Waals surface area contributed by atoms with Crippen LogP contribution in [0.4, 0.5) is 5.82 Å². The van der Waals surface area contributed by atoms with Crippen molar-refractivity contribution in [2.75, 3.05) is 24.5 Å². The number of aryl methyl sites for hydroxylation is 2. The van der Waals surface area contributed by atoms with E-state index >= 15 is 0 Å². The molecule has 1 aromatic heterocycles. The minimum Gasteiger partial charge on any atom is -0.483 e. The van der Waals surface area contributed by atoms with Crippen molar-refractivity contribution in [3.8, 4) is 0 Å². The molecule has 7 heteroatoms. The lowest BCUT2D eigenvalue weighted by Gasteiger charge is -2.33. The Labute approximate surface area is 193 Å². The van der Waals surface area contributed by atoms with E-state index < -0.39 is 0 Å². The first kappa shape index (κ1) is 22.7. The molecule has 1 atom stereocenters. The molecule has 0 saturated carbocycles. The Morgan fingerprint density at radius 1 is 1.06 bits per heavy atom. The number of nitrogens with zero attached hydrogens (tertiary/aromatic N) is 3. The third-order valence-electron chi connectivity index (χ3n) is 6.78. The summed E-state index contributed by atoms with van der Waals surface area (Å²) in [6.07, 6.45) is 4.07. The van der Waals surface area contributed by atoms with E-state index in [-0.39, 0.29) is 18.3 Å². The van der Waals surface area contributed by atoms with E-state index in [4.69, 9.17) is 9.90 Å². The van der Waals surface area contributed by atoms with Crippen molar-refractivity contribution in [2.45, 2.75) is 38.5 Å². The zero-order chi connectivity index (χ0) is 23.2. The molecule has 33 heavy (non-hydrogen) atoms. The molecule has 2 heterocycles. The summed E-state index contributed by atoms with van der Waals surface area (Å²) < 4.78 is 0. The normalized spacial score (nSPS) is 17.7. The van der Waals surface area contributed by atoms with Gasteiger partial charge in [-0.3, -0.25) is 9.59 Å². The van der Waals surface area contributed by atoms with Gasteiger partial charge in [-0.2, -0.15) is 5.10 Å². The van der Waals surface area contributed by atoms with Crippen LogP contribution >= 0.6 is 0 Å². The van der Waals surface area contributed by atoms with Crippen LogP contribution in [-0.4, -0.2) is 47.3 Å². The van der Waals surface area contributed by atoms with E-state index in [0.29, 0.717) is 5.92 Å². The van der Waals surface area contributed by atoms with Gasteiger partial charge < -0.3 is 15.3 Å². The molecule has 1 unspecified atom stereocenters. The largest absolute Gasteiger partial charge is 0.483 e. The summed E-state index contributed by atoms with van der Waals surface area (Å²) in [7, 11) is 0. The third kappa shape index (κ3) is 4.97. The summed E-state index contributed by atoms with van der Waals surface area (Å²) in [6.45, 7) is 4.44. The van der Waals surface area contributed by atoms with Crippen LogP contribution in [-0.2, 0) is 16.0 Å². The maximum atomic E-state index is 12.8. The molecule has 1 amide bonds. The molecule has 0 bridgehead atoms. The number of hydrogen-bond donors (Lipinski definition) is 2. The molecule has 2 N–H and O–H groups in total. The summed E-state index contributed by atoms with van der Waals surface area (Å²) in [5.41, 5.74) is 3.52. The van der Waals surface area contributed by atoms with Crippen molar-refractivity contribution < 1.29 is 14.7 Å². The first-order valence-electron chi connectivity index (χ1n) is 11.5. The summed E-state index contributed by atoms with van der Waals surface area (Å²) in [6, 6.07) is 16.7. The average molecular weight is 447 g/mol. The molecule has 172 valence electrons. The molecule has 0 spiro atoms. The number of benzene rings is 2. The number of carbonyl (C=O) groups is 2. The van der Waals surface area contributed by atoms with Gasteiger partial charge in [-0.15, -0.1) is 5.10 Å². The molecular formula is C26H30N4O3. The second-order valence-corrected chi connectivity index (χ2v) is 8.73. The van der Waals surface area contributed by atoms with E-state index in [9.17, 15) is 4.79 Å². The molecule has 1 fully saturated rings. The number of amides is 1. The summed E-state index contributed by atoms with van der Waals surface area (Å²) in [5, 5.41) is 21.4. The summed E-state index contributed by atoms with van der Waals surface area (Å²) in [4.78, 5) is 23.5. The number of hydrogen-bond acceptors (Lipinski definition) is 5. The summed E-state index contributed by atoms with van der Waals surface area (Å²) in [5.74, 6) is 1.72. The number of carboxylic acid groups (broad SMARTS) is 1. The second kappa shape index (κ2) is 10.4. The van der Waals surface area contributed by atoms with Crippen molar-refractivity contribution >= 4 is 29.0 Å². The second-order valence-electron chi connectivity index (χ2n) is 8.73. The van der Waals surface area contributed by atoms with Crippen molar-refractivity contribution in [3.63, 3.8) is 0 Å². The lowest BCUT2D eigenvalue weighted by Crippen LogP contribution is -2.40. The molecular weight excluding hydrogens is 416 g/mol. The van der Waals surface area contributed by atoms with Crippen LogP contribution in [0.25, 0.3) is 10.8 Å². The van der Waals surface area contributed by atoms with Gasteiger partial charge >= 0.3 is 0 Å². The number of carbonyl (C=O) groups excluding carboxylic acids is 1. The smallest absolute Gasteiger partial charge is 0.290 e. The fourth-order valence-electron chi connectivity index (χ4n) is 5.00. The van der Waals surface area contributed by atoms with Crippen LogP contribution in [0.3, 0.4) is 0 Å². The van der Waals surface area contributed by atoms with Crippen molar-refractivity contribution in [1.29, 1.82) is 0 Å². The van der Waals surface area contributed by atoms with Crippen LogP contribution in [0.1, 0.15) is 42.0 Å². The zero-order valence-corrected chi connectivity index (χ0v) is 18.9. The fraction of sp³-hybridized carbons (Fsp3) is 0.385. The molecule has 1 aliphatic heterocycles. The van der Waals surface area contributed by atoms with Gasteiger partial charge in [0.1, 0.15) is 0 Å². The Kier molecular flexibility index (Phi) is 7.17. The predicted molar refractivity (Wildman–Crippen MR) is 128 cm³/mol. The average Bonchev–Trinajstić information content (AvgIpc) is 3.28. The zero-order valence-electron chi connectivity index (χ0n) is 18.9. The molecule has 1 saturated heterocycles. The van der Waals surface area contributed by atoms with E-state index in [1.807, 2.05) is 13.0 Å². The molecule has 1 aliphatic carbocycles. The van der Waals surface area contributed by atoms with E-state index in [0.717, 1.165) is 56.8 Å². The number of fused-ring (bicyclic) bond motifs is 2. The highest BCUT2D eigenvalue weighted by Gasteiger charge is 2.29. The highest BCUT2D eigenvalue weighted by atomic mass is 16.3. The van der Waals surface area contributed by atoms with Crippen LogP contribution in [0, 0.1) is 12.8 Å². The topological polar surface area (TPSA) is 95.4 Å². The van der Waals surface area contributed by atoms with Crippen molar-refractivity contribution in [1.82, 2.24) is 15.5 Å². The van der Waals surface area contributed by atoms with Gasteiger partial charge in [0.15, 0.2) is 5.82 Å². The molecule has 0 radical (unpaired) electrons. The standard InChI is InChI=1S/C25H28N4O.CH2O2/c1-17-20-7-4-5-9-22(20)24(28-27-17)29-14-12-18(13-15-29)16-26-25(30)23-11-10-19-6-2-3-8-21(19)23;2-1-3/h2-9,18,23H,10-16H2,1H3,(H,26,30);1H,(H,2,3). The van der Waals surface area contributed by atoms with Gasteiger partial charge in [-0.25, -0.2) is 0 Å². The Morgan fingerprint density at radius 3 is 2.48 bits per heavy atom. The Balaban J connectivity index is 0.000000821. The van der Waals surface area contributed by atoms with E-state index in [1.54, 1.807) is 0 Å². The molecule has 3 aromatic rings. The number of nitrogens with one attached hydrogen (secondary N) is 1. The van der Waals surface area contributed by atoms with Crippen LogP contribution in [0.5, 0.6) is 0 Å². The monoisotopic (exact) mass is 446 g/mol. The number of rotatable bonds is 4. The van der Waals surface area contributed by atoms with E-state index in [2.05, 4.69) is 62.9 Å². The molecule has 2 aromatic carbocycles. The van der Waals surface area contributed by atoms with Crippen LogP contribution in [0.15, 0.2) is 48.5 Å². The highest BCUT2D eigenvalue weighted by Crippen LogP contribution is 2.33. The fourth-order valence-corrected chi connectivity index (χ4v) is 5.00. The molecule has 2 aliphatic rings. The highest BCUT2D eigenvalue weighted by molar-refractivity contribution is 5.93. The van der Waals surface area contributed by atoms with Gasteiger partial charge in [0.05, 0.1) is 11.6 Å². The van der Waals surface area contributed by atoms with Crippen LogP contribution in [0.2, 0.25) is 0 Å². The van der Waals surface area contributed by atoms with Crippen molar-refractivity contribution in [2.24, 2.45) is 5.92 Å². The van der Waals surface area contributed by atoms with E-state index in [1.165, 1.54) is 21.9 Å². The SMILES string of the molecule is Cc1nnc(N2CCC(CNC(=O)C3CCc4ccccc43)CC2)c2ccccc12.O=CO. The lowest BCUT2D eigenvalue weighted by molar-refractivity contribution is -0.123. The van der Waals surface area contributed by atoms with Crippen molar-refractivity contribution in [3.05, 3.63) is 65.4 Å². The first-order chi connectivity index (χ1) is 16.1. The molecule has 7 nitrogen and oxygen atoms in total. The Hall–Kier alpha value is -3.48. The summed E-state index contributed by atoms with van der Waals surface area (Å²) >= 11 is 0. The maximum absolute atomic E-state index is 12.8. The quantitative estimate of drug-likeness (QED) is 0.594. The minimum absolute atomic E-state index is 0.0236. The van der Waals surface area contributed by atoms with Crippen LogP contribution < -0.4 is 10.2 Å². The lowest BCUT2D eigenvalue weighted by atomic mass is 9.95. The Morgan fingerprint density at radius 2 is 1.73 bits per heavy atom. The predicted octanol–water partition coefficient (Wildman–Crippen LogP) is 3.70. The number of aromatic nitrogens is 2. The van der Waals surface area contributed by atoms with Gasteiger partial charge in [0.25, 0.3) is 6.47 Å². The van der Waals surface area contributed by atoms with Gasteiger partial charge in [0, 0.05) is 30.4 Å². The maximum Gasteiger partial charge on any atom is 0.290 e. The van der Waals surface area contributed by atoms with Gasteiger partial charge in [-0.1, -0.05) is 48.5 Å². The van der Waals surface area contributed by atoms with Gasteiger partial charge in [-0.05, 0) is 49.7 Å². The third-order valence-corrected chi connectivity index (χ3v) is 6.78.